The summed E-state index contributed by atoms with van der Waals surface area (Å²) in [5, 5.41) is 10.6. The van der Waals surface area contributed by atoms with Gasteiger partial charge in [0.25, 0.3) is 15.9 Å². The summed E-state index contributed by atoms with van der Waals surface area (Å²) in [7, 11) is -3.40. The molecule has 1 aromatic carbocycles. The van der Waals surface area contributed by atoms with Crippen molar-refractivity contribution in [3.63, 3.8) is 0 Å². The topological polar surface area (TPSA) is 108 Å². The lowest BCUT2D eigenvalue weighted by Crippen LogP contribution is -2.37. The number of hydrogen-bond acceptors (Lipinski definition) is 5. The molecule has 2 N–H and O–H groups in total. The van der Waals surface area contributed by atoms with Crippen LogP contribution in [0.3, 0.4) is 0 Å². The second kappa shape index (κ2) is 5.31. The molecule has 122 valence electrons. The molecule has 4 rings (SSSR count). The first kappa shape index (κ1) is 14.6. The molecule has 2 aliphatic rings. The molecule has 24 heavy (non-hydrogen) atoms. The van der Waals surface area contributed by atoms with Crippen LogP contribution in [0.4, 0.5) is 5.69 Å². The zero-order valence-electron chi connectivity index (χ0n) is 12.4. The van der Waals surface area contributed by atoms with E-state index in [2.05, 4.69) is 19.9 Å². The van der Waals surface area contributed by atoms with Gasteiger partial charge in [0, 0.05) is 18.1 Å². The molecule has 1 aromatic heterocycles. The average Bonchev–Trinajstić information content (AvgIpc) is 3.03. The Morgan fingerprint density at radius 2 is 2.17 bits per heavy atom. The summed E-state index contributed by atoms with van der Waals surface area (Å²) in [5.41, 5.74) is 1.80. The van der Waals surface area contributed by atoms with Crippen molar-refractivity contribution < 1.29 is 13.2 Å². The average molecular weight is 343 g/mol. The number of amidine groups is 1. The molecule has 0 unspecified atom stereocenters. The number of H-pyrrole nitrogens is 1. The highest BCUT2D eigenvalue weighted by atomic mass is 32.2. The van der Waals surface area contributed by atoms with Crippen molar-refractivity contribution >= 4 is 38.4 Å². The number of nitrogens with zero attached hydrogens (tertiary/aromatic N) is 3. The van der Waals surface area contributed by atoms with Crippen LogP contribution in [0.1, 0.15) is 0 Å². The van der Waals surface area contributed by atoms with E-state index in [-0.39, 0.29) is 18.2 Å². The first-order chi connectivity index (χ1) is 11.5. The summed E-state index contributed by atoms with van der Waals surface area (Å²) in [6, 6.07) is 5.51. The summed E-state index contributed by atoms with van der Waals surface area (Å²) >= 11 is 0. The number of aromatic nitrogens is 2. The maximum Gasteiger partial charge on any atom is 0.257 e. The molecule has 0 fully saturated rings. The molecule has 0 saturated carbocycles. The van der Waals surface area contributed by atoms with E-state index in [1.165, 1.54) is 6.08 Å². The largest absolute Gasteiger partial charge is 0.330 e. The van der Waals surface area contributed by atoms with Gasteiger partial charge in [-0.2, -0.15) is 5.10 Å². The lowest BCUT2D eigenvalue weighted by Gasteiger charge is -2.26. The molecule has 3 heterocycles. The highest BCUT2D eigenvalue weighted by molar-refractivity contribution is 7.90. The molecule has 0 atom stereocenters. The number of carbonyl (C=O) groups excluding carboxylic acids is 1. The summed E-state index contributed by atoms with van der Waals surface area (Å²) in [5.74, 6) is -0.0299. The second-order valence-electron chi connectivity index (χ2n) is 5.44. The number of amides is 1. The Morgan fingerprint density at radius 3 is 3.04 bits per heavy atom. The normalized spacial score (nSPS) is 18.8. The number of fused-ring (bicyclic) bond motifs is 2. The van der Waals surface area contributed by atoms with Gasteiger partial charge in [0.1, 0.15) is 5.84 Å². The second-order valence-corrected chi connectivity index (χ2v) is 7.20. The third-order valence-corrected chi connectivity index (χ3v) is 4.97. The highest BCUT2D eigenvalue weighted by Crippen LogP contribution is 2.22. The third kappa shape index (κ3) is 2.58. The number of sulfonamides is 1. The van der Waals surface area contributed by atoms with E-state index in [1.54, 1.807) is 29.4 Å². The highest BCUT2D eigenvalue weighted by Gasteiger charge is 2.25. The van der Waals surface area contributed by atoms with E-state index in [1.807, 2.05) is 12.1 Å². The maximum absolute atomic E-state index is 12.5. The van der Waals surface area contributed by atoms with Gasteiger partial charge in [-0.1, -0.05) is 12.1 Å². The summed E-state index contributed by atoms with van der Waals surface area (Å²) < 4.78 is 26.7. The number of benzene rings is 1. The Hall–Kier alpha value is -2.94. The number of hydrogen-bond donors (Lipinski definition) is 2. The zero-order chi connectivity index (χ0) is 16.7. The summed E-state index contributed by atoms with van der Waals surface area (Å²) in [6.45, 7) is 0.276. The Bertz CT molecular complexity index is 1030. The van der Waals surface area contributed by atoms with Gasteiger partial charge in [0.15, 0.2) is 0 Å². The number of carbonyl (C=O) groups is 1. The van der Waals surface area contributed by atoms with E-state index in [0.717, 1.165) is 10.9 Å². The van der Waals surface area contributed by atoms with Crippen LogP contribution in [0.5, 0.6) is 0 Å². The molecular weight excluding hydrogens is 330 g/mol. The quantitative estimate of drug-likeness (QED) is 0.846. The Labute approximate surface area is 137 Å². The molecule has 9 heteroatoms. The Kier molecular flexibility index (Phi) is 3.24. The van der Waals surface area contributed by atoms with E-state index < -0.39 is 10.0 Å². The van der Waals surface area contributed by atoms with Crippen LogP contribution in [-0.4, -0.2) is 47.6 Å². The molecule has 1 amide bonds. The number of nitrogens with one attached hydrogen (secondary N) is 2. The Morgan fingerprint density at radius 1 is 1.29 bits per heavy atom. The maximum atomic E-state index is 12.5. The fourth-order valence-corrected chi connectivity index (χ4v) is 3.57. The summed E-state index contributed by atoms with van der Waals surface area (Å²) in [4.78, 5) is 14.1. The number of anilines is 1. The monoisotopic (exact) mass is 343 g/mol. The first-order valence-corrected chi connectivity index (χ1v) is 8.85. The molecule has 0 bridgehead atoms. The van der Waals surface area contributed by atoms with Crippen LogP contribution in [0.15, 0.2) is 52.7 Å². The molecule has 2 aliphatic heterocycles. The van der Waals surface area contributed by atoms with Crippen molar-refractivity contribution in [3.8, 4) is 0 Å². The van der Waals surface area contributed by atoms with Gasteiger partial charge >= 0.3 is 0 Å². The smallest absolute Gasteiger partial charge is 0.257 e. The van der Waals surface area contributed by atoms with Gasteiger partial charge in [-0.05, 0) is 18.2 Å². The van der Waals surface area contributed by atoms with Crippen molar-refractivity contribution in [1.29, 1.82) is 0 Å². The van der Waals surface area contributed by atoms with Crippen LogP contribution in [0.2, 0.25) is 0 Å². The van der Waals surface area contributed by atoms with E-state index in [4.69, 9.17) is 0 Å². The van der Waals surface area contributed by atoms with Crippen molar-refractivity contribution in [3.05, 3.63) is 48.3 Å². The van der Waals surface area contributed by atoms with Crippen molar-refractivity contribution in [2.24, 2.45) is 4.40 Å². The van der Waals surface area contributed by atoms with Crippen LogP contribution < -0.4 is 5.32 Å². The van der Waals surface area contributed by atoms with Gasteiger partial charge in [0.2, 0.25) is 0 Å². The SMILES string of the molecule is O=C(Nc1cccc2cn[nH]c12)C1=CN2CCS(=O)(=O)N=C2C=C1. The van der Waals surface area contributed by atoms with Gasteiger partial charge in [0.05, 0.1) is 28.7 Å². The number of rotatable bonds is 2. The molecule has 2 aromatic rings. The third-order valence-electron chi connectivity index (χ3n) is 3.81. The van der Waals surface area contributed by atoms with Crippen molar-refractivity contribution in [1.82, 2.24) is 15.1 Å². The molecular formula is C15H13N5O3S. The van der Waals surface area contributed by atoms with E-state index in [9.17, 15) is 13.2 Å². The first-order valence-electron chi connectivity index (χ1n) is 7.24. The lowest BCUT2D eigenvalue weighted by molar-refractivity contribution is -0.112. The molecule has 0 saturated heterocycles. The minimum absolute atomic E-state index is 0.0663. The molecule has 0 radical (unpaired) electrons. The molecule has 0 aliphatic carbocycles. The zero-order valence-corrected chi connectivity index (χ0v) is 13.2. The van der Waals surface area contributed by atoms with Crippen LogP contribution in [0.25, 0.3) is 10.9 Å². The molecule has 0 spiro atoms. The predicted molar refractivity (Wildman–Crippen MR) is 89.9 cm³/mol. The van der Waals surface area contributed by atoms with Crippen LogP contribution in [0, 0.1) is 0 Å². The number of para-hydroxylation sites is 1. The minimum atomic E-state index is -3.40. The van der Waals surface area contributed by atoms with Gasteiger partial charge < -0.3 is 10.2 Å². The summed E-state index contributed by atoms with van der Waals surface area (Å²) in [6.07, 6.45) is 6.37. The van der Waals surface area contributed by atoms with Crippen LogP contribution >= 0.6 is 0 Å². The lowest BCUT2D eigenvalue weighted by atomic mass is 10.1. The van der Waals surface area contributed by atoms with Gasteiger partial charge in [-0.3, -0.25) is 9.89 Å². The van der Waals surface area contributed by atoms with Crippen molar-refractivity contribution in [2.75, 3.05) is 17.6 Å². The van der Waals surface area contributed by atoms with E-state index >= 15 is 0 Å². The predicted octanol–water partition coefficient (Wildman–Crippen LogP) is 0.999. The van der Waals surface area contributed by atoms with Gasteiger partial charge in [-0.15, -0.1) is 4.40 Å². The van der Waals surface area contributed by atoms with Crippen LogP contribution in [-0.2, 0) is 14.8 Å². The fourth-order valence-electron chi connectivity index (χ4n) is 2.60. The van der Waals surface area contributed by atoms with Gasteiger partial charge in [-0.25, -0.2) is 8.42 Å². The minimum Gasteiger partial charge on any atom is -0.330 e. The Balaban J connectivity index is 1.59. The fraction of sp³-hybridized carbons (Fsp3) is 0.133. The number of aromatic amines is 1. The standard InChI is InChI=1S/C15H13N5O3S/c21-15(17-12-3-1-2-10-8-16-18-14(10)12)11-4-5-13-19-24(22,23)7-6-20(13)9-11/h1-5,8-9H,6-7H2,(H,16,18)(H,17,21). The molecule has 8 nitrogen and oxygen atoms in total. The van der Waals surface area contributed by atoms with E-state index in [0.29, 0.717) is 17.1 Å². The van der Waals surface area contributed by atoms with Crippen molar-refractivity contribution in [2.45, 2.75) is 0 Å².